The third kappa shape index (κ3) is 14.1. The maximum Gasteiger partial charge on any atom is -0.0443 e. The van der Waals surface area contributed by atoms with Gasteiger partial charge in [0.1, 0.15) is 0 Å². The van der Waals surface area contributed by atoms with Gasteiger partial charge < -0.3 is 0 Å². The second-order valence-electron chi connectivity index (χ2n) is 6.07. The molecule has 0 aliphatic carbocycles. The summed E-state index contributed by atoms with van der Waals surface area (Å²) in [7, 11) is 0. The Kier molecular flexibility index (Phi) is 15.1. The predicted molar refractivity (Wildman–Crippen MR) is 84.8 cm³/mol. The molecule has 1 atom stereocenters. The van der Waals surface area contributed by atoms with E-state index in [1.165, 1.54) is 83.5 Å². The average molecular weight is 253 g/mol. The summed E-state index contributed by atoms with van der Waals surface area (Å²) in [6.07, 6.45) is 19.7. The maximum atomic E-state index is 3.89. The molecule has 0 aromatic rings. The van der Waals surface area contributed by atoms with Crippen LogP contribution in [0.4, 0.5) is 0 Å². The van der Waals surface area contributed by atoms with Crippen LogP contribution in [0.3, 0.4) is 0 Å². The Balaban J connectivity index is 3.10. The molecule has 0 heteroatoms. The minimum Gasteiger partial charge on any atom is -0.0654 e. The first kappa shape index (κ1) is 18.0. The summed E-state index contributed by atoms with van der Waals surface area (Å²) < 4.78 is 0. The van der Waals surface area contributed by atoms with Gasteiger partial charge in [-0.1, -0.05) is 111 Å². The lowest BCUT2D eigenvalue weighted by Gasteiger charge is -2.10. The molecule has 0 aromatic carbocycles. The Morgan fingerprint density at radius 1 is 0.667 bits per heavy atom. The third-order valence-corrected chi connectivity index (χ3v) is 4.00. The fourth-order valence-electron chi connectivity index (χ4n) is 2.62. The van der Waals surface area contributed by atoms with Gasteiger partial charge in [-0.15, -0.1) is 0 Å². The molecule has 0 fully saturated rings. The van der Waals surface area contributed by atoms with E-state index in [-0.39, 0.29) is 0 Å². The van der Waals surface area contributed by atoms with Gasteiger partial charge in [-0.25, -0.2) is 0 Å². The standard InChI is InChI=1S/C18H37/c1-4-6-8-10-12-14-16-18(3)17-15-13-11-9-7-5-2/h18H,1,4-17H2,2-3H3. The molecule has 0 saturated heterocycles. The van der Waals surface area contributed by atoms with E-state index in [0.29, 0.717) is 0 Å². The molecule has 0 aromatic heterocycles. The highest BCUT2D eigenvalue weighted by molar-refractivity contribution is 4.55. The van der Waals surface area contributed by atoms with Crippen LogP contribution in [-0.4, -0.2) is 0 Å². The fraction of sp³-hybridized carbons (Fsp3) is 0.944. The van der Waals surface area contributed by atoms with Gasteiger partial charge in [-0.2, -0.15) is 0 Å². The van der Waals surface area contributed by atoms with E-state index in [0.717, 1.165) is 12.3 Å². The zero-order valence-corrected chi connectivity index (χ0v) is 13.2. The van der Waals surface area contributed by atoms with Crippen molar-refractivity contribution in [2.75, 3.05) is 0 Å². The lowest BCUT2D eigenvalue weighted by atomic mass is 9.96. The van der Waals surface area contributed by atoms with Gasteiger partial charge in [0.15, 0.2) is 0 Å². The Morgan fingerprint density at radius 3 is 1.61 bits per heavy atom. The van der Waals surface area contributed by atoms with E-state index in [1.807, 2.05) is 0 Å². The van der Waals surface area contributed by atoms with Crippen LogP contribution in [0.25, 0.3) is 0 Å². The highest BCUT2D eigenvalue weighted by Gasteiger charge is 2.01. The van der Waals surface area contributed by atoms with Crippen molar-refractivity contribution in [1.29, 1.82) is 0 Å². The van der Waals surface area contributed by atoms with Crippen molar-refractivity contribution < 1.29 is 0 Å². The molecule has 0 aliphatic rings. The molecule has 0 spiro atoms. The molecule has 1 unspecified atom stereocenters. The van der Waals surface area contributed by atoms with Gasteiger partial charge in [0, 0.05) is 0 Å². The van der Waals surface area contributed by atoms with Crippen LogP contribution in [0.5, 0.6) is 0 Å². The number of rotatable bonds is 14. The van der Waals surface area contributed by atoms with Crippen molar-refractivity contribution in [2.24, 2.45) is 5.92 Å². The molecule has 0 rings (SSSR count). The van der Waals surface area contributed by atoms with Gasteiger partial charge >= 0.3 is 0 Å². The molecule has 109 valence electrons. The van der Waals surface area contributed by atoms with Crippen LogP contribution >= 0.6 is 0 Å². The first-order valence-corrected chi connectivity index (χ1v) is 8.60. The van der Waals surface area contributed by atoms with E-state index in [2.05, 4.69) is 20.8 Å². The first-order valence-electron chi connectivity index (χ1n) is 8.60. The monoisotopic (exact) mass is 253 g/mol. The number of unbranched alkanes of at least 4 members (excludes halogenated alkanes) is 10. The zero-order valence-electron chi connectivity index (χ0n) is 13.2. The van der Waals surface area contributed by atoms with Gasteiger partial charge in [0.05, 0.1) is 0 Å². The first-order chi connectivity index (χ1) is 8.81. The second-order valence-corrected chi connectivity index (χ2v) is 6.07. The van der Waals surface area contributed by atoms with Crippen LogP contribution < -0.4 is 0 Å². The summed E-state index contributed by atoms with van der Waals surface area (Å²) in [4.78, 5) is 0. The smallest absolute Gasteiger partial charge is 0.0443 e. The van der Waals surface area contributed by atoms with Gasteiger partial charge in [-0.3, -0.25) is 0 Å². The van der Waals surface area contributed by atoms with Gasteiger partial charge in [0.2, 0.25) is 0 Å². The zero-order chi connectivity index (χ0) is 13.5. The summed E-state index contributed by atoms with van der Waals surface area (Å²) >= 11 is 0. The summed E-state index contributed by atoms with van der Waals surface area (Å²) in [5.41, 5.74) is 0. The summed E-state index contributed by atoms with van der Waals surface area (Å²) in [5, 5.41) is 0. The topological polar surface area (TPSA) is 0 Å². The lowest BCUT2D eigenvalue weighted by molar-refractivity contribution is 0.432. The minimum absolute atomic E-state index is 0.962. The van der Waals surface area contributed by atoms with Crippen molar-refractivity contribution in [3.05, 3.63) is 6.92 Å². The largest absolute Gasteiger partial charge is 0.0654 e. The molecular formula is C18H37. The molecule has 0 heterocycles. The van der Waals surface area contributed by atoms with Crippen LogP contribution in [0.15, 0.2) is 0 Å². The van der Waals surface area contributed by atoms with Crippen molar-refractivity contribution in [2.45, 2.75) is 104 Å². The molecule has 1 radical (unpaired) electrons. The highest BCUT2D eigenvalue weighted by Crippen LogP contribution is 2.18. The van der Waals surface area contributed by atoms with Gasteiger partial charge in [-0.05, 0) is 5.92 Å². The van der Waals surface area contributed by atoms with Crippen LogP contribution in [-0.2, 0) is 0 Å². The van der Waals surface area contributed by atoms with E-state index in [9.17, 15) is 0 Å². The number of hydrogen-bond donors (Lipinski definition) is 0. The second kappa shape index (κ2) is 15.1. The van der Waals surface area contributed by atoms with E-state index in [4.69, 9.17) is 0 Å². The maximum absolute atomic E-state index is 3.89. The van der Waals surface area contributed by atoms with Crippen LogP contribution in [0, 0.1) is 12.8 Å². The third-order valence-electron chi connectivity index (χ3n) is 4.00. The minimum atomic E-state index is 0.962. The molecular weight excluding hydrogens is 216 g/mol. The number of hydrogen-bond acceptors (Lipinski definition) is 0. The van der Waals surface area contributed by atoms with E-state index in [1.54, 1.807) is 0 Å². The molecule has 0 saturated carbocycles. The van der Waals surface area contributed by atoms with Crippen LogP contribution in [0.2, 0.25) is 0 Å². The summed E-state index contributed by atoms with van der Waals surface area (Å²) in [6, 6.07) is 0. The molecule has 0 aliphatic heterocycles. The normalized spacial score (nSPS) is 11.3. The SMILES string of the molecule is [CH2]CCCCCCCC(C)CCCCCCCC. The van der Waals surface area contributed by atoms with Crippen molar-refractivity contribution in [3.63, 3.8) is 0 Å². The predicted octanol–water partition coefficient (Wildman–Crippen LogP) is 6.94. The Labute approximate surface area is 117 Å². The van der Waals surface area contributed by atoms with Gasteiger partial charge in [0.25, 0.3) is 0 Å². The lowest BCUT2D eigenvalue weighted by Crippen LogP contribution is -1.95. The van der Waals surface area contributed by atoms with Crippen molar-refractivity contribution in [1.82, 2.24) is 0 Å². The Bertz CT molecular complexity index is 123. The summed E-state index contributed by atoms with van der Waals surface area (Å²) in [5.74, 6) is 0.962. The molecule has 0 nitrogen and oxygen atoms in total. The molecule has 0 N–H and O–H groups in total. The van der Waals surface area contributed by atoms with E-state index < -0.39 is 0 Å². The van der Waals surface area contributed by atoms with Crippen LogP contribution in [0.1, 0.15) is 104 Å². The molecule has 0 amide bonds. The Hall–Kier alpha value is 0. The Morgan fingerprint density at radius 2 is 1.11 bits per heavy atom. The fourth-order valence-corrected chi connectivity index (χ4v) is 2.62. The highest BCUT2D eigenvalue weighted by atomic mass is 14.1. The summed E-state index contributed by atoms with van der Waals surface area (Å²) in [6.45, 7) is 8.63. The van der Waals surface area contributed by atoms with E-state index >= 15 is 0 Å². The molecule has 0 bridgehead atoms. The quantitative estimate of drug-likeness (QED) is 0.294. The van der Waals surface area contributed by atoms with Crippen molar-refractivity contribution >= 4 is 0 Å². The molecule has 18 heavy (non-hydrogen) atoms. The average Bonchev–Trinajstić information content (AvgIpc) is 2.38. The van der Waals surface area contributed by atoms with Crippen molar-refractivity contribution in [3.8, 4) is 0 Å².